The van der Waals surface area contributed by atoms with Crippen molar-refractivity contribution in [3.63, 3.8) is 0 Å². The van der Waals surface area contributed by atoms with E-state index in [1.54, 1.807) is 36.4 Å². The highest BCUT2D eigenvalue weighted by molar-refractivity contribution is 5.89. The van der Waals surface area contributed by atoms with E-state index in [9.17, 15) is 10.3 Å². The molecule has 2 aliphatic heterocycles. The summed E-state index contributed by atoms with van der Waals surface area (Å²) in [6.45, 7) is 3.97. The van der Waals surface area contributed by atoms with Gasteiger partial charge in [0.1, 0.15) is 24.4 Å². The van der Waals surface area contributed by atoms with Crippen molar-refractivity contribution >= 4 is 5.97 Å². The second kappa shape index (κ2) is 10.4. The van der Waals surface area contributed by atoms with Gasteiger partial charge in [0.2, 0.25) is 0 Å². The number of carbonyl (C=O) groups excluding carboxylic acids is 1. The average molecular weight is 437 g/mol. The van der Waals surface area contributed by atoms with Gasteiger partial charge < -0.3 is 23.7 Å². The minimum atomic E-state index is -0.969. The molecule has 0 aromatic heterocycles. The van der Waals surface area contributed by atoms with E-state index in [-0.39, 0.29) is 13.2 Å². The van der Waals surface area contributed by atoms with E-state index in [1.165, 1.54) is 0 Å². The zero-order chi connectivity index (χ0) is 22.3. The van der Waals surface area contributed by atoms with Gasteiger partial charge in [-0.3, -0.25) is 0 Å². The molecule has 0 saturated carbocycles. The number of benzene rings is 2. The number of fused-ring (bicyclic) bond motifs is 1. The lowest BCUT2D eigenvalue weighted by molar-refractivity contribution is -0.340. The molecule has 6 atom stereocenters. The Kier molecular flexibility index (Phi) is 7.16. The van der Waals surface area contributed by atoms with Gasteiger partial charge in [-0.15, -0.1) is 6.58 Å². The van der Waals surface area contributed by atoms with Crippen LogP contribution in [0.25, 0.3) is 10.4 Å². The Morgan fingerprint density at radius 2 is 1.88 bits per heavy atom. The van der Waals surface area contributed by atoms with Gasteiger partial charge in [0, 0.05) is 10.5 Å². The fraction of sp³-hybridized carbons (Fsp3) is 0.348. The molecular formula is C23H23N3O6. The maximum Gasteiger partial charge on any atom is 0.338 e. The number of esters is 1. The minimum Gasteiger partial charge on any atom is -0.455 e. The fourth-order valence-corrected chi connectivity index (χ4v) is 3.72. The van der Waals surface area contributed by atoms with Gasteiger partial charge in [-0.2, -0.15) is 0 Å². The molecule has 32 heavy (non-hydrogen) atoms. The van der Waals surface area contributed by atoms with Crippen LogP contribution < -0.4 is 0 Å². The lowest BCUT2D eigenvalue weighted by atomic mass is 9.95. The highest BCUT2D eigenvalue weighted by Gasteiger charge is 2.52. The molecule has 0 bridgehead atoms. The Labute approximate surface area is 185 Å². The van der Waals surface area contributed by atoms with Crippen LogP contribution >= 0.6 is 0 Å². The van der Waals surface area contributed by atoms with Crippen LogP contribution in [0.15, 0.2) is 78.4 Å². The first-order valence-electron chi connectivity index (χ1n) is 10.2. The molecule has 4 rings (SSSR count). The lowest BCUT2D eigenvalue weighted by Crippen LogP contribution is -2.62. The molecule has 166 valence electrons. The quantitative estimate of drug-likeness (QED) is 0.213. The van der Waals surface area contributed by atoms with Gasteiger partial charge in [-0.1, -0.05) is 59.7 Å². The molecule has 2 aromatic rings. The third kappa shape index (κ3) is 4.83. The molecule has 0 N–H and O–H groups in total. The summed E-state index contributed by atoms with van der Waals surface area (Å²) < 4.78 is 29.5. The maximum absolute atomic E-state index is 12.9. The van der Waals surface area contributed by atoms with Gasteiger partial charge in [0.15, 0.2) is 12.6 Å². The summed E-state index contributed by atoms with van der Waals surface area (Å²) >= 11 is 0. The van der Waals surface area contributed by atoms with Crippen LogP contribution in [0.2, 0.25) is 0 Å². The predicted molar refractivity (Wildman–Crippen MR) is 113 cm³/mol. The Bertz CT molecular complexity index is 966. The minimum absolute atomic E-state index is 0.160. The predicted octanol–water partition coefficient (Wildman–Crippen LogP) is 3.93. The van der Waals surface area contributed by atoms with Crippen molar-refractivity contribution in [1.82, 2.24) is 0 Å². The van der Waals surface area contributed by atoms with E-state index in [0.29, 0.717) is 5.56 Å². The fourth-order valence-electron chi connectivity index (χ4n) is 3.72. The third-order valence-corrected chi connectivity index (χ3v) is 5.19. The molecule has 0 spiro atoms. The van der Waals surface area contributed by atoms with Crippen LogP contribution in [-0.4, -0.2) is 49.8 Å². The number of nitrogens with zero attached hydrogens (tertiary/aromatic N) is 3. The van der Waals surface area contributed by atoms with E-state index in [0.717, 1.165) is 5.56 Å². The molecule has 0 aliphatic carbocycles. The molecule has 2 aliphatic rings. The molecular weight excluding hydrogens is 414 g/mol. The maximum atomic E-state index is 12.9. The summed E-state index contributed by atoms with van der Waals surface area (Å²) in [6, 6.07) is 17.0. The second-order valence-electron chi connectivity index (χ2n) is 7.27. The Morgan fingerprint density at radius 3 is 2.56 bits per heavy atom. The van der Waals surface area contributed by atoms with Crippen LogP contribution in [0.5, 0.6) is 0 Å². The van der Waals surface area contributed by atoms with Gasteiger partial charge in [0.25, 0.3) is 0 Å². The van der Waals surface area contributed by atoms with E-state index < -0.39 is 42.9 Å². The van der Waals surface area contributed by atoms with Gasteiger partial charge in [-0.05, 0) is 17.7 Å². The molecule has 2 aromatic carbocycles. The Hall–Kier alpha value is -3.20. The van der Waals surface area contributed by atoms with Gasteiger partial charge >= 0.3 is 5.97 Å². The van der Waals surface area contributed by atoms with E-state index in [2.05, 4.69) is 16.6 Å². The summed E-state index contributed by atoms with van der Waals surface area (Å²) in [5.41, 5.74) is 10.4. The molecule has 6 unspecified atom stereocenters. The smallest absolute Gasteiger partial charge is 0.338 e. The van der Waals surface area contributed by atoms with Crippen molar-refractivity contribution in [2.75, 3.05) is 13.2 Å². The average Bonchev–Trinajstić information content (AvgIpc) is 2.85. The second-order valence-corrected chi connectivity index (χ2v) is 7.27. The van der Waals surface area contributed by atoms with E-state index >= 15 is 0 Å². The third-order valence-electron chi connectivity index (χ3n) is 5.19. The highest BCUT2D eigenvalue weighted by Crippen LogP contribution is 2.37. The molecule has 9 nitrogen and oxygen atoms in total. The molecule has 0 amide bonds. The summed E-state index contributed by atoms with van der Waals surface area (Å²) in [5.74, 6) is -0.566. The first-order valence-corrected chi connectivity index (χ1v) is 10.2. The number of hydrogen-bond donors (Lipinski definition) is 0. The van der Waals surface area contributed by atoms with E-state index in [1.807, 2.05) is 30.3 Å². The van der Waals surface area contributed by atoms with Crippen LogP contribution in [0.1, 0.15) is 22.2 Å². The van der Waals surface area contributed by atoms with Crippen LogP contribution in [-0.2, 0) is 23.7 Å². The Morgan fingerprint density at radius 1 is 1.16 bits per heavy atom. The summed E-state index contributed by atoms with van der Waals surface area (Å²) in [5, 5.41) is 3.83. The highest BCUT2D eigenvalue weighted by atomic mass is 16.8. The van der Waals surface area contributed by atoms with Crippen LogP contribution in [0.4, 0.5) is 0 Å². The number of hydrogen-bond acceptors (Lipinski definition) is 7. The molecule has 9 heteroatoms. The lowest BCUT2D eigenvalue weighted by Gasteiger charge is -2.47. The van der Waals surface area contributed by atoms with Crippen molar-refractivity contribution in [2.45, 2.75) is 36.9 Å². The number of ether oxygens (including phenoxy) is 5. The van der Waals surface area contributed by atoms with Gasteiger partial charge in [0.05, 0.1) is 18.8 Å². The standard InChI is InChI=1S/C23H23N3O6/c1-2-13-28-23-18(25-26-24)20(31-21(27)15-9-5-3-6-10-15)19-17(30-23)14-29-22(32-19)16-11-7-4-8-12-16/h2-12,17-20,22-23H,1,13-14H2. The van der Waals surface area contributed by atoms with Crippen LogP contribution in [0.3, 0.4) is 0 Å². The largest absolute Gasteiger partial charge is 0.455 e. The molecule has 2 saturated heterocycles. The SMILES string of the molecule is C=CCOC1OC2COC(c3ccccc3)OC2C(OC(=O)c2ccccc2)C1N=[N+]=[N-]. The van der Waals surface area contributed by atoms with Crippen molar-refractivity contribution in [2.24, 2.45) is 5.11 Å². The molecule has 2 fully saturated rings. The zero-order valence-corrected chi connectivity index (χ0v) is 17.2. The first-order chi connectivity index (χ1) is 15.7. The number of rotatable bonds is 7. The van der Waals surface area contributed by atoms with Crippen molar-refractivity contribution < 1.29 is 28.5 Å². The zero-order valence-electron chi connectivity index (χ0n) is 17.2. The van der Waals surface area contributed by atoms with Gasteiger partial charge in [-0.25, -0.2) is 4.79 Å². The van der Waals surface area contributed by atoms with E-state index in [4.69, 9.17) is 23.7 Å². The normalized spacial score (nSPS) is 29.2. The molecule has 2 heterocycles. The van der Waals surface area contributed by atoms with Crippen molar-refractivity contribution in [3.05, 3.63) is 94.9 Å². The molecule has 0 radical (unpaired) electrons. The first kappa shape index (κ1) is 22.0. The Balaban J connectivity index is 1.63. The van der Waals surface area contributed by atoms with Crippen molar-refractivity contribution in [3.8, 4) is 0 Å². The summed E-state index contributed by atoms with van der Waals surface area (Å²) in [4.78, 5) is 15.8. The van der Waals surface area contributed by atoms with Crippen molar-refractivity contribution in [1.29, 1.82) is 0 Å². The number of carbonyl (C=O) groups is 1. The summed E-state index contributed by atoms with van der Waals surface area (Å²) in [7, 11) is 0. The van der Waals surface area contributed by atoms with Crippen LogP contribution in [0, 0.1) is 0 Å². The topological polar surface area (TPSA) is 112 Å². The monoisotopic (exact) mass is 437 g/mol. The summed E-state index contributed by atoms with van der Waals surface area (Å²) in [6.07, 6.45) is -2.38. The number of azide groups is 1.